The maximum absolute atomic E-state index is 13.1. The van der Waals surface area contributed by atoms with Crippen LogP contribution in [0.15, 0.2) is 97.1 Å². The molecule has 4 aromatic rings. The Balaban J connectivity index is 1.92. The highest BCUT2D eigenvalue weighted by molar-refractivity contribution is 6.21. The first kappa shape index (κ1) is 16.0. The van der Waals surface area contributed by atoms with E-state index in [4.69, 9.17) is 0 Å². The summed E-state index contributed by atoms with van der Waals surface area (Å²) in [6.07, 6.45) is 0. The second-order valence-corrected chi connectivity index (χ2v) is 6.14. The van der Waals surface area contributed by atoms with Gasteiger partial charge in [-0.25, -0.2) is 0 Å². The van der Waals surface area contributed by atoms with Crippen LogP contribution in [-0.2, 0) is 0 Å². The number of rotatable bonds is 4. The smallest absolute Gasteiger partial charge is 0.193 e. The fraction of sp³-hybridized carbons (Fsp3) is 0. The summed E-state index contributed by atoms with van der Waals surface area (Å²) in [6, 6.07) is 29.5. The van der Waals surface area contributed by atoms with Crippen molar-refractivity contribution >= 4 is 22.3 Å². The molecular weight excluding hydrogens is 320 g/mol. The fourth-order valence-corrected chi connectivity index (χ4v) is 3.11. The minimum atomic E-state index is -0.143. The molecule has 0 amide bonds. The Kier molecular flexibility index (Phi) is 4.16. The Labute approximate surface area is 151 Å². The maximum Gasteiger partial charge on any atom is 0.193 e. The van der Waals surface area contributed by atoms with E-state index in [0.29, 0.717) is 22.3 Å². The Bertz CT molecular complexity index is 1010. The Morgan fingerprint density at radius 3 is 1.19 bits per heavy atom. The normalized spacial score (nSPS) is 10.6. The second kappa shape index (κ2) is 6.77. The van der Waals surface area contributed by atoms with Gasteiger partial charge in [-0.2, -0.15) is 0 Å². The molecule has 4 rings (SSSR count). The lowest BCUT2D eigenvalue weighted by Crippen LogP contribution is -2.11. The zero-order valence-corrected chi connectivity index (χ0v) is 14.1. The molecule has 0 fully saturated rings. The molecule has 0 heterocycles. The van der Waals surface area contributed by atoms with Crippen molar-refractivity contribution in [2.45, 2.75) is 0 Å². The molecule has 26 heavy (non-hydrogen) atoms. The zero-order valence-electron chi connectivity index (χ0n) is 14.1. The van der Waals surface area contributed by atoms with E-state index < -0.39 is 0 Å². The molecule has 4 aromatic carbocycles. The van der Waals surface area contributed by atoms with Gasteiger partial charge in [0.1, 0.15) is 0 Å². The van der Waals surface area contributed by atoms with E-state index in [1.165, 1.54) is 0 Å². The van der Waals surface area contributed by atoms with Gasteiger partial charge in [0.2, 0.25) is 0 Å². The van der Waals surface area contributed by atoms with Crippen molar-refractivity contribution in [1.29, 1.82) is 0 Å². The van der Waals surface area contributed by atoms with Crippen molar-refractivity contribution < 1.29 is 9.59 Å². The predicted octanol–water partition coefficient (Wildman–Crippen LogP) is 5.30. The minimum Gasteiger partial charge on any atom is -0.289 e. The van der Waals surface area contributed by atoms with Crippen molar-refractivity contribution in [3.05, 3.63) is 119 Å². The minimum absolute atomic E-state index is 0.143. The third kappa shape index (κ3) is 2.93. The van der Waals surface area contributed by atoms with Crippen LogP contribution >= 0.6 is 0 Å². The largest absolute Gasteiger partial charge is 0.289 e. The fourth-order valence-electron chi connectivity index (χ4n) is 3.11. The molecule has 0 spiro atoms. The summed E-state index contributed by atoms with van der Waals surface area (Å²) in [5, 5.41) is 1.88. The highest BCUT2D eigenvalue weighted by Gasteiger charge is 2.20. The van der Waals surface area contributed by atoms with Gasteiger partial charge in [-0.05, 0) is 22.9 Å². The number of carbonyl (C=O) groups excluding carboxylic acids is 2. The van der Waals surface area contributed by atoms with Gasteiger partial charge in [0.05, 0.1) is 0 Å². The van der Waals surface area contributed by atoms with Crippen molar-refractivity contribution in [3.63, 3.8) is 0 Å². The number of ketones is 2. The van der Waals surface area contributed by atoms with Crippen LogP contribution < -0.4 is 0 Å². The number of hydrogen-bond acceptors (Lipinski definition) is 2. The van der Waals surface area contributed by atoms with Crippen LogP contribution in [0.2, 0.25) is 0 Å². The average molecular weight is 336 g/mol. The van der Waals surface area contributed by atoms with Crippen LogP contribution in [0.3, 0.4) is 0 Å². The number of hydrogen-bond donors (Lipinski definition) is 0. The van der Waals surface area contributed by atoms with Crippen LogP contribution in [-0.4, -0.2) is 11.6 Å². The number of fused-ring (bicyclic) bond motifs is 1. The zero-order chi connectivity index (χ0) is 17.9. The van der Waals surface area contributed by atoms with Crippen molar-refractivity contribution in [2.24, 2.45) is 0 Å². The Morgan fingerprint density at radius 1 is 0.462 bits per heavy atom. The molecule has 124 valence electrons. The van der Waals surface area contributed by atoms with Crippen LogP contribution in [0.1, 0.15) is 31.8 Å². The van der Waals surface area contributed by atoms with E-state index in [-0.39, 0.29) is 11.6 Å². The van der Waals surface area contributed by atoms with Crippen molar-refractivity contribution in [1.82, 2.24) is 0 Å². The van der Waals surface area contributed by atoms with E-state index in [1.54, 1.807) is 24.3 Å². The highest BCUT2D eigenvalue weighted by atomic mass is 16.1. The van der Waals surface area contributed by atoms with Gasteiger partial charge in [0.15, 0.2) is 11.6 Å². The molecule has 0 aromatic heterocycles. The van der Waals surface area contributed by atoms with Gasteiger partial charge >= 0.3 is 0 Å². The maximum atomic E-state index is 13.1. The molecule has 0 saturated heterocycles. The summed E-state index contributed by atoms with van der Waals surface area (Å²) >= 11 is 0. The molecule has 0 unspecified atom stereocenters. The topological polar surface area (TPSA) is 34.1 Å². The summed E-state index contributed by atoms with van der Waals surface area (Å²) in [5.74, 6) is -0.286. The lowest BCUT2D eigenvalue weighted by atomic mass is 9.90. The average Bonchev–Trinajstić information content (AvgIpc) is 2.73. The summed E-state index contributed by atoms with van der Waals surface area (Å²) in [5.41, 5.74) is 2.02. The molecule has 2 heteroatoms. The summed E-state index contributed by atoms with van der Waals surface area (Å²) in [4.78, 5) is 26.2. The molecule has 0 aliphatic carbocycles. The van der Waals surface area contributed by atoms with Gasteiger partial charge in [0.25, 0.3) is 0 Å². The van der Waals surface area contributed by atoms with Gasteiger partial charge in [0, 0.05) is 22.3 Å². The van der Waals surface area contributed by atoms with Gasteiger partial charge in [-0.1, -0.05) is 84.9 Å². The molecule has 0 bridgehead atoms. The monoisotopic (exact) mass is 336 g/mol. The molecule has 0 aliphatic rings. The van der Waals surface area contributed by atoms with Crippen molar-refractivity contribution in [2.75, 3.05) is 0 Å². The molecular formula is C24H16O2. The van der Waals surface area contributed by atoms with E-state index in [0.717, 1.165) is 10.8 Å². The lowest BCUT2D eigenvalue weighted by Gasteiger charge is -2.11. The molecule has 0 aliphatic heterocycles. The van der Waals surface area contributed by atoms with Crippen LogP contribution in [0.25, 0.3) is 10.8 Å². The molecule has 2 nitrogen and oxygen atoms in total. The molecule has 0 saturated carbocycles. The second-order valence-electron chi connectivity index (χ2n) is 6.14. The number of benzene rings is 4. The summed E-state index contributed by atoms with van der Waals surface area (Å²) < 4.78 is 0. The lowest BCUT2D eigenvalue weighted by molar-refractivity contribution is 0.100. The van der Waals surface area contributed by atoms with E-state index in [2.05, 4.69) is 0 Å². The summed E-state index contributed by atoms with van der Waals surface area (Å²) in [7, 11) is 0. The van der Waals surface area contributed by atoms with E-state index in [1.807, 2.05) is 72.8 Å². The van der Waals surface area contributed by atoms with E-state index in [9.17, 15) is 9.59 Å². The third-order valence-corrected chi connectivity index (χ3v) is 4.45. The SMILES string of the molecule is O=C(c1ccccc1)c1cc2ccccc2cc1C(=O)c1ccccc1. The van der Waals surface area contributed by atoms with E-state index >= 15 is 0 Å². The van der Waals surface area contributed by atoms with Crippen molar-refractivity contribution in [3.8, 4) is 0 Å². The standard InChI is InChI=1S/C24H16O2/c25-23(17-9-3-1-4-10-17)21-15-19-13-7-8-14-20(19)16-22(21)24(26)18-11-5-2-6-12-18/h1-16H. The summed E-state index contributed by atoms with van der Waals surface area (Å²) in [6.45, 7) is 0. The Morgan fingerprint density at radius 2 is 0.808 bits per heavy atom. The van der Waals surface area contributed by atoms with Gasteiger partial charge in [-0.3, -0.25) is 9.59 Å². The molecule has 0 radical (unpaired) electrons. The van der Waals surface area contributed by atoms with Crippen LogP contribution in [0.5, 0.6) is 0 Å². The molecule has 0 N–H and O–H groups in total. The van der Waals surface area contributed by atoms with Crippen LogP contribution in [0.4, 0.5) is 0 Å². The first-order chi connectivity index (χ1) is 12.7. The predicted molar refractivity (Wildman–Crippen MR) is 104 cm³/mol. The van der Waals surface area contributed by atoms with Crippen LogP contribution in [0, 0.1) is 0 Å². The first-order valence-electron chi connectivity index (χ1n) is 8.46. The first-order valence-corrected chi connectivity index (χ1v) is 8.46. The third-order valence-electron chi connectivity index (χ3n) is 4.45. The van der Waals surface area contributed by atoms with Gasteiger partial charge in [-0.15, -0.1) is 0 Å². The highest BCUT2D eigenvalue weighted by Crippen LogP contribution is 2.25. The Hall–Kier alpha value is -3.52. The molecule has 0 atom stereocenters. The number of carbonyl (C=O) groups is 2. The quantitative estimate of drug-likeness (QED) is 0.474. The van der Waals surface area contributed by atoms with Gasteiger partial charge < -0.3 is 0 Å².